The molecule has 19 heavy (non-hydrogen) atoms. The van der Waals surface area contributed by atoms with Crippen molar-refractivity contribution >= 4 is 5.97 Å². The standard InChI is InChI=1S/C13H12N2O4/c1-2-7-3-11-12(19-6-18-11)4-8(7)9-5-10(13(16)17)15-14-9/h3-5H,2,6H2,1H3,(H,14,15)(H,16,17). The van der Waals surface area contributed by atoms with Gasteiger partial charge in [0.1, 0.15) is 5.69 Å². The molecule has 0 atom stereocenters. The van der Waals surface area contributed by atoms with Gasteiger partial charge in [-0.1, -0.05) is 6.92 Å². The van der Waals surface area contributed by atoms with Gasteiger partial charge in [0, 0.05) is 5.56 Å². The van der Waals surface area contributed by atoms with E-state index in [1.807, 2.05) is 19.1 Å². The summed E-state index contributed by atoms with van der Waals surface area (Å²) in [5.41, 5.74) is 2.55. The summed E-state index contributed by atoms with van der Waals surface area (Å²) in [6, 6.07) is 5.26. The van der Waals surface area contributed by atoms with Gasteiger partial charge in [0.05, 0.1) is 5.69 Å². The molecule has 1 aliphatic heterocycles. The Morgan fingerprint density at radius 1 is 1.37 bits per heavy atom. The average Bonchev–Trinajstić information content (AvgIpc) is 3.05. The van der Waals surface area contributed by atoms with Crippen LogP contribution in [0, 0.1) is 0 Å². The fraction of sp³-hybridized carbons (Fsp3) is 0.231. The predicted octanol–water partition coefficient (Wildman–Crippen LogP) is 2.07. The van der Waals surface area contributed by atoms with Crippen LogP contribution in [0.2, 0.25) is 0 Å². The molecule has 0 saturated heterocycles. The third kappa shape index (κ3) is 1.91. The highest BCUT2D eigenvalue weighted by molar-refractivity contribution is 5.87. The SMILES string of the molecule is CCc1cc2c(cc1-c1cc(C(=O)O)[nH]n1)OCO2. The molecular weight excluding hydrogens is 248 g/mol. The van der Waals surface area contributed by atoms with Gasteiger partial charge in [-0.25, -0.2) is 4.79 Å². The average molecular weight is 260 g/mol. The van der Waals surface area contributed by atoms with E-state index < -0.39 is 5.97 Å². The van der Waals surface area contributed by atoms with Crippen molar-refractivity contribution < 1.29 is 19.4 Å². The quantitative estimate of drug-likeness (QED) is 0.882. The Hall–Kier alpha value is -2.50. The molecule has 0 aliphatic carbocycles. The minimum atomic E-state index is -1.03. The van der Waals surface area contributed by atoms with Crippen molar-refractivity contribution in [2.24, 2.45) is 0 Å². The zero-order valence-corrected chi connectivity index (χ0v) is 10.3. The van der Waals surface area contributed by atoms with Crippen LogP contribution >= 0.6 is 0 Å². The highest BCUT2D eigenvalue weighted by Crippen LogP contribution is 2.38. The molecule has 2 heterocycles. The fourth-order valence-electron chi connectivity index (χ4n) is 2.08. The normalized spacial score (nSPS) is 12.7. The van der Waals surface area contributed by atoms with Gasteiger partial charge in [-0.2, -0.15) is 5.10 Å². The van der Waals surface area contributed by atoms with Gasteiger partial charge in [0.25, 0.3) is 0 Å². The summed E-state index contributed by atoms with van der Waals surface area (Å²) in [6.07, 6.45) is 0.793. The lowest BCUT2D eigenvalue weighted by atomic mass is 10.0. The van der Waals surface area contributed by atoms with Crippen molar-refractivity contribution in [1.82, 2.24) is 10.2 Å². The van der Waals surface area contributed by atoms with Crippen molar-refractivity contribution in [2.75, 3.05) is 6.79 Å². The van der Waals surface area contributed by atoms with Crippen molar-refractivity contribution in [3.05, 3.63) is 29.5 Å². The highest BCUT2D eigenvalue weighted by atomic mass is 16.7. The lowest BCUT2D eigenvalue weighted by molar-refractivity contribution is 0.0690. The van der Waals surface area contributed by atoms with E-state index in [4.69, 9.17) is 14.6 Å². The smallest absolute Gasteiger partial charge is 0.353 e. The first kappa shape index (κ1) is 11.6. The maximum atomic E-state index is 10.9. The number of aromatic carboxylic acids is 1. The third-order valence-corrected chi connectivity index (χ3v) is 3.06. The maximum absolute atomic E-state index is 10.9. The molecule has 2 aromatic rings. The van der Waals surface area contributed by atoms with Crippen LogP contribution in [0.5, 0.6) is 11.5 Å². The van der Waals surface area contributed by atoms with Gasteiger partial charge in [-0.3, -0.25) is 5.10 Å². The molecule has 0 amide bonds. The molecule has 0 radical (unpaired) electrons. The largest absolute Gasteiger partial charge is 0.477 e. The number of H-pyrrole nitrogens is 1. The number of hydrogen-bond acceptors (Lipinski definition) is 4. The Kier molecular flexibility index (Phi) is 2.63. The van der Waals surface area contributed by atoms with Crippen LogP contribution in [0.15, 0.2) is 18.2 Å². The zero-order chi connectivity index (χ0) is 13.4. The van der Waals surface area contributed by atoms with Gasteiger partial charge in [0.2, 0.25) is 6.79 Å². The molecule has 1 aliphatic rings. The number of aromatic nitrogens is 2. The second-order valence-electron chi connectivity index (χ2n) is 4.19. The number of nitrogens with zero attached hydrogens (tertiary/aromatic N) is 1. The number of carboxylic acid groups (broad SMARTS) is 1. The van der Waals surface area contributed by atoms with Crippen LogP contribution in [0.3, 0.4) is 0 Å². The molecule has 98 valence electrons. The Bertz CT molecular complexity index is 648. The van der Waals surface area contributed by atoms with Gasteiger partial charge < -0.3 is 14.6 Å². The van der Waals surface area contributed by atoms with Crippen LogP contribution in [-0.2, 0) is 6.42 Å². The van der Waals surface area contributed by atoms with E-state index in [2.05, 4.69) is 10.2 Å². The Morgan fingerprint density at radius 3 is 2.74 bits per heavy atom. The van der Waals surface area contributed by atoms with Crippen LogP contribution in [0.25, 0.3) is 11.3 Å². The third-order valence-electron chi connectivity index (χ3n) is 3.06. The van der Waals surface area contributed by atoms with Crippen LogP contribution in [0.4, 0.5) is 0 Å². The molecule has 0 unspecified atom stereocenters. The molecule has 0 spiro atoms. The number of aryl methyl sites for hydroxylation is 1. The van der Waals surface area contributed by atoms with Crippen molar-refractivity contribution in [2.45, 2.75) is 13.3 Å². The Balaban J connectivity index is 2.10. The van der Waals surface area contributed by atoms with Crippen LogP contribution in [-0.4, -0.2) is 28.1 Å². The van der Waals surface area contributed by atoms with Gasteiger partial charge in [-0.15, -0.1) is 0 Å². The molecule has 6 heteroatoms. The molecule has 3 rings (SSSR count). The molecule has 6 nitrogen and oxygen atoms in total. The molecule has 2 N–H and O–H groups in total. The topological polar surface area (TPSA) is 84.4 Å². The monoisotopic (exact) mass is 260 g/mol. The number of fused-ring (bicyclic) bond motifs is 1. The summed E-state index contributed by atoms with van der Waals surface area (Å²) in [5, 5.41) is 15.5. The minimum Gasteiger partial charge on any atom is -0.477 e. The van der Waals surface area contributed by atoms with Crippen LogP contribution < -0.4 is 9.47 Å². The minimum absolute atomic E-state index is 0.0646. The van der Waals surface area contributed by atoms with E-state index in [0.717, 1.165) is 23.3 Å². The number of carboxylic acids is 1. The molecular formula is C13H12N2O4. The molecule has 1 aromatic carbocycles. The zero-order valence-electron chi connectivity index (χ0n) is 10.3. The summed E-state index contributed by atoms with van der Waals surface area (Å²) in [4.78, 5) is 10.9. The lowest BCUT2D eigenvalue weighted by Gasteiger charge is -2.06. The van der Waals surface area contributed by atoms with Crippen LogP contribution in [0.1, 0.15) is 23.0 Å². The molecule has 1 aromatic heterocycles. The number of hydrogen-bond donors (Lipinski definition) is 2. The first-order valence-electron chi connectivity index (χ1n) is 5.90. The highest BCUT2D eigenvalue weighted by Gasteiger charge is 2.19. The van der Waals surface area contributed by atoms with E-state index in [1.54, 1.807) is 0 Å². The summed E-state index contributed by atoms with van der Waals surface area (Å²) >= 11 is 0. The van der Waals surface area contributed by atoms with E-state index in [1.165, 1.54) is 6.07 Å². The second-order valence-corrected chi connectivity index (χ2v) is 4.19. The van der Waals surface area contributed by atoms with Gasteiger partial charge >= 0.3 is 5.97 Å². The van der Waals surface area contributed by atoms with Crippen molar-refractivity contribution in [3.63, 3.8) is 0 Å². The predicted molar refractivity (Wildman–Crippen MR) is 66.5 cm³/mol. The second kappa shape index (κ2) is 4.31. The Morgan fingerprint density at radius 2 is 2.11 bits per heavy atom. The fourth-order valence-corrected chi connectivity index (χ4v) is 2.08. The van der Waals surface area contributed by atoms with Gasteiger partial charge in [-0.05, 0) is 30.2 Å². The van der Waals surface area contributed by atoms with Crippen molar-refractivity contribution in [1.29, 1.82) is 0 Å². The molecule has 0 fully saturated rings. The summed E-state index contributed by atoms with van der Waals surface area (Å²) in [5.74, 6) is 0.346. The molecule has 0 saturated carbocycles. The maximum Gasteiger partial charge on any atom is 0.353 e. The summed E-state index contributed by atoms with van der Waals surface area (Å²) in [6.45, 7) is 2.23. The number of nitrogens with one attached hydrogen (secondary N) is 1. The van der Waals surface area contributed by atoms with E-state index >= 15 is 0 Å². The number of rotatable bonds is 3. The van der Waals surface area contributed by atoms with Crippen molar-refractivity contribution in [3.8, 4) is 22.8 Å². The lowest BCUT2D eigenvalue weighted by Crippen LogP contribution is -1.95. The summed E-state index contributed by atoms with van der Waals surface area (Å²) in [7, 11) is 0. The van der Waals surface area contributed by atoms with E-state index in [9.17, 15) is 4.79 Å². The van der Waals surface area contributed by atoms with Gasteiger partial charge in [0.15, 0.2) is 11.5 Å². The van der Waals surface area contributed by atoms with E-state index in [0.29, 0.717) is 11.4 Å². The number of ether oxygens (including phenoxy) is 2. The molecule has 0 bridgehead atoms. The van der Waals surface area contributed by atoms with E-state index in [-0.39, 0.29) is 12.5 Å². The number of carbonyl (C=O) groups is 1. The Labute approximate surface area is 109 Å². The number of aromatic amines is 1. The number of benzene rings is 1. The first-order chi connectivity index (χ1) is 9.19. The first-order valence-corrected chi connectivity index (χ1v) is 5.90. The summed E-state index contributed by atoms with van der Waals surface area (Å²) < 4.78 is 10.7.